The van der Waals surface area contributed by atoms with Gasteiger partial charge in [0.05, 0.1) is 11.9 Å². The van der Waals surface area contributed by atoms with E-state index >= 15 is 0 Å². The van der Waals surface area contributed by atoms with Gasteiger partial charge in [0, 0.05) is 17.5 Å². The van der Waals surface area contributed by atoms with Crippen molar-refractivity contribution in [1.82, 2.24) is 9.78 Å². The van der Waals surface area contributed by atoms with Crippen molar-refractivity contribution in [3.8, 4) is 5.69 Å². The molecule has 1 saturated carbocycles. The molecular weight excluding hydrogens is 284 g/mol. The summed E-state index contributed by atoms with van der Waals surface area (Å²) >= 11 is 0. The van der Waals surface area contributed by atoms with Gasteiger partial charge in [0.2, 0.25) is 0 Å². The van der Waals surface area contributed by atoms with E-state index in [1.807, 2.05) is 37.4 Å². The summed E-state index contributed by atoms with van der Waals surface area (Å²) in [5.41, 5.74) is 6.71. The lowest BCUT2D eigenvalue weighted by Crippen LogP contribution is -2.20. The van der Waals surface area contributed by atoms with Crippen LogP contribution in [-0.4, -0.2) is 9.78 Å². The van der Waals surface area contributed by atoms with Crippen molar-refractivity contribution < 1.29 is 0 Å². The largest absolute Gasteiger partial charge is 0.272 e. The van der Waals surface area contributed by atoms with E-state index in [4.69, 9.17) is 0 Å². The van der Waals surface area contributed by atoms with Crippen LogP contribution in [0.3, 0.4) is 0 Å². The number of allylic oxidation sites excluding steroid dienone is 6. The molecule has 4 rings (SSSR count). The fraction of sp³-hybridized carbons (Fsp3) is 0.200. The number of aryl methyl sites for hydroxylation is 1. The van der Waals surface area contributed by atoms with Crippen molar-refractivity contribution in [3.05, 3.63) is 87.4 Å². The highest BCUT2D eigenvalue weighted by Gasteiger charge is 2.35. The molecule has 0 aliphatic heterocycles. The molecule has 0 N–H and O–H groups in total. The van der Waals surface area contributed by atoms with Crippen molar-refractivity contribution in [3.63, 3.8) is 0 Å². The van der Waals surface area contributed by atoms with Gasteiger partial charge in [0.25, 0.3) is 5.56 Å². The van der Waals surface area contributed by atoms with Crippen LogP contribution in [0.25, 0.3) is 11.3 Å². The summed E-state index contributed by atoms with van der Waals surface area (Å²) in [5, 5.41) is 4.40. The van der Waals surface area contributed by atoms with E-state index in [0.717, 1.165) is 23.2 Å². The lowest BCUT2D eigenvalue weighted by atomic mass is 9.98. The van der Waals surface area contributed by atoms with Crippen LogP contribution in [0.15, 0.2) is 70.7 Å². The molecule has 2 aromatic rings. The fourth-order valence-corrected chi connectivity index (χ4v) is 3.19. The number of aromatic nitrogens is 2. The molecular formula is C20H18N2O. The Bertz CT molecular complexity index is 927. The Hall–Kier alpha value is -2.68. The molecule has 0 amide bonds. The third kappa shape index (κ3) is 2.48. The standard InChI is InChI=1S/C20H18N2O/c1-13-6-8-17(9-7-13)22-19(23)11-16(12-21-22)20-14(2)4-3-5-15-10-18(15)20/h3-9,11-12,18H,10H2,1-2H3. The summed E-state index contributed by atoms with van der Waals surface area (Å²) < 4.78 is 1.45. The highest BCUT2D eigenvalue weighted by atomic mass is 16.1. The van der Waals surface area contributed by atoms with E-state index in [1.165, 1.54) is 21.4 Å². The summed E-state index contributed by atoms with van der Waals surface area (Å²) in [4.78, 5) is 12.5. The Labute approximate surface area is 135 Å². The molecule has 1 atom stereocenters. The smallest absolute Gasteiger partial charge is 0.267 e. The molecule has 1 aromatic heterocycles. The zero-order valence-electron chi connectivity index (χ0n) is 13.3. The monoisotopic (exact) mass is 302 g/mol. The minimum Gasteiger partial charge on any atom is -0.267 e. The predicted molar refractivity (Wildman–Crippen MR) is 92.5 cm³/mol. The van der Waals surface area contributed by atoms with Crippen LogP contribution in [-0.2, 0) is 0 Å². The van der Waals surface area contributed by atoms with Crippen molar-refractivity contribution in [2.45, 2.75) is 20.3 Å². The molecule has 1 aromatic carbocycles. The van der Waals surface area contributed by atoms with Crippen molar-refractivity contribution in [2.24, 2.45) is 5.92 Å². The zero-order chi connectivity index (χ0) is 16.0. The summed E-state index contributed by atoms with van der Waals surface area (Å²) in [7, 11) is 0. The number of hydrogen-bond donors (Lipinski definition) is 0. The SMILES string of the molecule is CC1=C(c2cnn(-c3ccc(C)cc3)c(=O)c2)C2CC2=CC=C1. The summed E-state index contributed by atoms with van der Waals surface area (Å²) in [6.45, 7) is 4.13. The summed E-state index contributed by atoms with van der Waals surface area (Å²) in [6, 6.07) is 9.53. The van der Waals surface area contributed by atoms with Gasteiger partial charge in [0.15, 0.2) is 0 Å². The summed E-state index contributed by atoms with van der Waals surface area (Å²) in [6.07, 6.45) is 9.30. The number of rotatable bonds is 2. The average Bonchev–Trinajstić information content (AvgIpc) is 3.28. The second-order valence-electron chi connectivity index (χ2n) is 6.28. The molecule has 23 heavy (non-hydrogen) atoms. The highest BCUT2D eigenvalue weighted by molar-refractivity contribution is 5.78. The molecule has 3 nitrogen and oxygen atoms in total. The first-order chi connectivity index (χ1) is 11.1. The van der Waals surface area contributed by atoms with Crippen LogP contribution in [0.1, 0.15) is 24.5 Å². The first-order valence-corrected chi connectivity index (χ1v) is 7.88. The van der Waals surface area contributed by atoms with Crippen molar-refractivity contribution in [2.75, 3.05) is 0 Å². The van der Waals surface area contributed by atoms with Gasteiger partial charge in [0.1, 0.15) is 0 Å². The van der Waals surface area contributed by atoms with E-state index in [9.17, 15) is 4.79 Å². The van der Waals surface area contributed by atoms with Gasteiger partial charge in [-0.1, -0.05) is 41.5 Å². The Balaban J connectivity index is 1.77. The lowest BCUT2D eigenvalue weighted by molar-refractivity contribution is 0.802. The van der Waals surface area contributed by atoms with E-state index in [0.29, 0.717) is 5.92 Å². The van der Waals surface area contributed by atoms with Gasteiger partial charge in [-0.2, -0.15) is 9.78 Å². The maximum Gasteiger partial charge on any atom is 0.272 e. The minimum atomic E-state index is -0.0916. The van der Waals surface area contributed by atoms with Crippen LogP contribution >= 0.6 is 0 Å². The average molecular weight is 302 g/mol. The zero-order valence-corrected chi connectivity index (χ0v) is 13.3. The Morgan fingerprint density at radius 1 is 1.17 bits per heavy atom. The molecule has 2 aliphatic rings. The van der Waals surface area contributed by atoms with Crippen molar-refractivity contribution >= 4 is 5.57 Å². The topological polar surface area (TPSA) is 34.9 Å². The van der Waals surface area contributed by atoms with Gasteiger partial charge in [-0.25, -0.2) is 0 Å². The van der Waals surface area contributed by atoms with Crippen molar-refractivity contribution in [1.29, 1.82) is 0 Å². The molecule has 114 valence electrons. The first-order valence-electron chi connectivity index (χ1n) is 7.88. The molecule has 2 aliphatic carbocycles. The number of hydrogen-bond acceptors (Lipinski definition) is 2. The van der Waals surface area contributed by atoms with Crippen LogP contribution < -0.4 is 5.56 Å². The second-order valence-corrected chi connectivity index (χ2v) is 6.28. The molecule has 3 heteroatoms. The van der Waals surface area contributed by atoms with Crippen LogP contribution in [0, 0.1) is 12.8 Å². The Morgan fingerprint density at radius 3 is 2.70 bits per heavy atom. The minimum absolute atomic E-state index is 0.0916. The molecule has 0 radical (unpaired) electrons. The third-order valence-corrected chi connectivity index (χ3v) is 4.55. The van der Waals surface area contributed by atoms with E-state index < -0.39 is 0 Å². The maximum atomic E-state index is 12.5. The van der Waals surface area contributed by atoms with Gasteiger partial charge < -0.3 is 0 Å². The first kappa shape index (κ1) is 13.9. The molecule has 0 saturated heterocycles. The summed E-state index contributed by atoms with van der Waals surface area (Å²) in [5.74, 6) is 0.460. The normalized spacial score (nSPS) is 19.2. The molecule has 0 bridgehead atoms. The van der Waals surface area contributed by atoms with E-state index in [2.05, 4.69) is 30.3 Å². The molecule has 1 unspecified atom stereocenters. The molecule has 1 heterocycles. The second kappa shape index (κ2) is 5.20. The number of benzene rings is 1. The molecule has 0 spiro atoms. The lowest BCUT2D eigenvalue weighted by Gasteiger charge is -2.10. The Kier molecular flexibility index (Phi) is 3.15. The van der Waals surface area contributed by atoms with E-state index in [1.54, 1.807) is 6.07 Å². The van der Waals surface area contributed by atoms with Crippen LogP contribution in [0.4, 0.5) is 0 Å². The van der Waals surface area contributed by atoms with Crippen LogP contribution in [0.2, 0.25) is 0 Å². The highest BCUT2D eigenvalue weighted by Crippen LogP contribution is 2.49. The number of fused-ring (bicyclic) bond motifs is 1. The van der Waals surface area contributed by atoms with Gasteiger partial charge >= 0.3 is 0 Å². The third-order valence-electron chi connectivity index (χ3n) is 4.55. The van der Waals surface area contributed by atoms with Gasteiger partial charge in [-0.15, -0.1) is 0 Å². The number of nitrogens with zero attached hydrogens (tertiary/aromatic N) is 2. The maximum absolute atomic E-state index is 12.5. The fourth-order valence-electron chi connectivity index (χ4n) is 3.19. The van der Waals surface area contributed by atoms with Crippen LogP contribution in [0.5, 0.6) is 0 Å². The van der Waals surface area contributed by atoms with E-state index in [-0.39, 0.29) is 5.56 Å². The van der Waals surface area contributed by atoms with Gasteiger partial charge in [-0.05, 0) is 43.5 Å². The predicted octanol–water partition coefficient (Wildman–Crippen LogP) is 3.83. The quantitative estimate of drug-likeness (QED) is 0.845. The Morgan fingerprint density at radius 2 is 1.96 bits per heavy atom. The molecule has 1 fully saturated rings. The van der Waals surface area contributed by atoms with Gasteiger partial charge in [-0.3, -0.25) is 4.79 Å².